The van der Waals surface area contributed by atoms with E-state index >= 15 is 0 Å². The van der Waals surface area contributed by atoms with Crippen molar-refractivity contribution in [2.24, 2.45) is 0 Å². The highest BCUT2D eigenvalue weighted by Gasteiger charge is 2.62. The largest absolute Gasteiger partial charge is 0.394 e. The minimum atomic E-state index is -1.51. The SMILES string of the molecule is OCC1O[C@H](O[C@]2(CCl)O[C@@H]3COC2[C@H]3O)C(O)[C@H](O)[C@H]1Cl. The highest BCUT2D eigenvalue weighted by Crippen LogP contribution is 2.42. The summed E-state index contributed by atoms with van der Waals surface area (Å²) in [5.41, 5.74) is 0. The molecule has 0 saturated carbocycles. The summed E-state index contributed by atoms with van der Waals surface area (Å²) in [6.45, 7) is -0.245. The number of ether oxygens (including phenoxy) is 4. The van der Waals surface area contributed by atoms with Gasteiger partial charge in [-0.1, -0.05) is 0 Å². The maximum absolute atomic E-state index is 10.1. The molecule has 0 aromatic carbocycles. The van der Waals surface area contributed by atoms with E-state index in [1.54, 1.807) is 0 Å². The van der Waals surface area contributed by atoms with Crippen LogP contribution < -0.4 is 0 Å². The lowest BCUT2D eigenvalue weighted by Gasteiger charge is -2.44. The number of aliphatic hydroxyl groups is 4. The van der Waals surface area contributed by atoms with Crippen molar-refractivity contribution in [3.05, 3.63) is 0 Å². The van der Waals surface area contributed by atoms with E-state index in [4.69, 9.17) is 42.1 Å². The highest BCUT2D eigenvalue weighted by atomic mass is 35.5. The first kappa shape index (κ1) is 17.1. The van der Waals surface area contributed by atoms with Crippen LogP contribution in [-0.2, 0) is 18.9 Å². The summed E-state index contributed by atoms with van der Waals surface area (Å²) in [6, 6.07) is 0. The summed E-state index contributed by atoms with van der Waals surface area (Å²) < 4.78 is 22.0. The number of halogens is 2. The van der Waals surface area contributed by atoms with Crippen LogP contribution in [0, 0.1) is 0 Å². The van der Waals surface area contributed by atoms with E-state index in [1.807, 2.05) is 0 Å². The van der Waals surface area contributed by atoms with Gasteiger partial charge in [0.05, 0.1) is 24.5 Å². The molecule has 3 rings (SSSR count). The molecule has 0 spiro atoms. The molecule has 8 nitrogen and oxygen atoms in total. The molecule has 4 N–H and O–H groups in total. The Morgan fingerprint density at radius 1 is 1.18 bits per heavy atom. The summed E-state index contributed by atoms with van der Waals surface area (Å²) in [6.07, 6.45) is -7.41. The van der Waals surface area contributed by atoms with Gasteiger partial charge >= 0.3 is 0 Å². The van der Waals surface area contributed by atoms with E-state index in [1.165, 1.54) is 0 Å². The molecule has 3 heterocycles. The van der Waals surface area contributed by atoms with Gasteiger partial charge in [0.25, 0.3) is 0 Å². The molecule has 0 aromatic rings. The number of aliphatic hydroxyl groups excluding tert-OH is 4. The molecular formula is C12H18Cl2O8. The quantitative estimate of drug-likeness (QED) is 0.431. The standard InChI is InChI=1S/C12H18Cl2O8/c13-3-12(10-7(16)5(21-12)2-19-10)22-11-9(18)8(17)6(14)4(1-15)20-11/h4-11,15-18H,1-3H2/t4?,5-,6+,7+,8-,9?,10?,11-,12+/m1/s1. The van der Waals surface area contributed by atoms with E-state index in [0.29, 0.717) is 0 Å². The third-order valence-electron chi connectivity index (χ3n) is 4.22. The van der Waals surface area contributed by atoms with Gasteiger partial charge in [0.1, 0.15) is 36.6 Å². The van der Waals surface area contributed by atoms with Crippen LogP contribution in [0.15, 0.2) is 0 Å². The molecule has 3 aliphatic rings. The molecule has 9 atom stereocenters. The zero-order chi connectivity index (χ0) is 16.1. The Hall–Kier alpha value is 0.260. The summed E-state index contributed by atoms with van der Waals surface area (Å²) in [5.74, 6) is -1.68. The van der Waals surface area contributed by atoms with Gasteiger partial charge in [0, 0.05) is 0 Å². The Morgan fingerprint density at radius 3 is 2.41 bits per heavy atom. The van der Waals surface area contributed by atoms with E-state index in [2.05, 4.69) is 0 Å². The van der Waals surface area contributed by atoms with Crippen LogP contribution >= 0.6 is 23.2 Å². The average Bonchev–Trinajstić information content (AvgIpc) is 3.01. The molecule has 22 heavy (non-hydrogen) atoms. The van der Waals surface area contributed by atoms with Crippen LogP contribution in [0.5, 0.6) is 0 Å². The Kier molecular flexibility index (Phi) is 4.88. The summed E-state index contributed by atoms with van der Waals surface area (Å²) in [5, 5.41) is 38.2. The maximum Gasteiger partial charge on any atom is 0.214 e. The normalized spacial score (nSPS) is 54.8. The second-order valence-corrected chi connectivity index (χ2v) is 6.39. The molecule has 2 bridgehead atoms. The lowest BCUT2D eigenvalue weighted by atomic mass is 10.0. The maximum atomic E-state index is 10.1. The topological polar surface area (TPSA) is 118 Å². The predicted octanol–water partition coefficient (Wildman–Crippen LogP) is -1.86. The lowest BCUT2D eigenvalue weighted by Crippen LogP contribution is -2.61. The van der Waals surface area contributed by atoms with Gasteiger partial charge in [-0.2, -0.15) is 0 Å². The van der Waals surface area contributed by atoms with E-state index in [9.17, 15) is 20.4 Å². The second-order valence-electron chi connectivity index (χ2n) is 5.62. The second kappa shape index (κ2) is 6.29. The van der Waals surface area contributed by atoms with Crippen molar-refractivity contribution in [1.29, 1.82) is 0 Å². The third-order valence-corrected chi connectivity index (χ3v) is 5.13. The first-order valence-electron chi connectivity index (χ1n) is 6.91. The molecule has 0 aliphatic carbocycles. The van der Waals surface area contributed by atoms with Gasteiger partial charge in [0.15, 0.2) is 6.29 Å². The minimum Gasteiger partial charge on any atom is -0.394 e. The average molecular weight is 361 g/mol. The highest BCUT2D eigenvalue weighted by molar-refractivity contribution is 6.21. The zero-order valence-electron chi connectivity index (χ0n) is 11.4. The van der Waals surface area contributed by atoms with E-state index in [0.717, 1.165) is 0 Å². The van der Waals surface area contributed by atoms with Crippen LogP contribution in [0.4, 0.5) is 0 Å². The minimum absolute atomic E-state index is 0.179. The zero-order valence-corrected chi connectivity index (χ0v) is 12.9. The summed E-state index contributed by atoms with van der Waals surface area (Å²) in [4.78, 5) is 0. The van der Waals surface area contributed by atoms with Gasteiger partial charge in [-0.3, -0.25) is 0 Å². The van der Waals surface area contributed by atoms with E-state index < -0.39 is 60.7 Å². The number of rotatable bonds is 4. The van der Waals surface area contributed by atoms with Gasteiger partial charge in [-0.25, -0.2) is 0 Å². The number of hydrogen-bond donors (Lipinski definition) is 4. The molecule has 3 unspecified atom stereocenters. The third kappa shape index (κ3) is 2.55. The molecule has 0 aromatic heterocycles. The van der Waals surface area contributed by atoms with Crippen LogP contribution in [-0.4, -0.2) is 93.6 Å². The van der Waals surface area contributed by atoms with Crippen molar-refractivity contribution in [1.82, 2.24) is 0 Å². The Morgan fingerprint density at radius 2 is 1.91 bits per heavy atom. The van der Waals surface area contributed by atoms with Crippen LogP contribution in [0.2, 0.25) is 0 Å². The predicted molar refractivity (Wildman–Crippen MR) is 72.6 cm³/mol. The van der Waals surface area contributed by atoms with Crippen molar-refractivity contribution in [2.45, 2.75) is 54.1 Å². The van der Waals surface area contributed by atoms with Crippen LogP contribution in [0.1, 0.15) is 0 Å². The monoisotopic (exact) mass is 360 g/mol. The molecule has 0 amide bonds. The van der Waals surface area contributed by atoms with Gasteiger partial charge in [-0.05, 0) is 0 Å². The van der Waals surface area contributed by atoms with Gasteiger partial charge in [-0.15, -0.1) is 23.2 Å². The molecule has 3 saturated heterocycles. The Bertz CT molecular complexity index is 413. The molecule has 3 fully saturated rings. The van der Waals surface area contributed by atoms with Gasteiger partial charge < -0.3 is 39.4 Å². The molecular weight excluding hydrogens is 343 g/mol. The summed E-state index contributed by atoms with van der Waals surface area (Å²) >= 11 is 11.8. The number of fused-ring (bicyclic) bond motifs is 2. The first-order chi connectivity index (χ1) is 10.4. The fourth-order valence-corrected chi connectivity index (χ4v) is 3.54. The van der Waals surface area contributed by atoms with Crippen molar-refractivity contribution >= 4 is 23.2 Å². The molecule has 3 aliphatic heterocycles. The van der Waals surface area contributed by atoms with Crippen molar-refractivity contribution in [3.63, 3.8) is 0 Å². The Labute approximate surface area is 136 Å². The van der Waals surface area contributed by atoms with E-state index in [-0.39, 0.29) is 12.5 Å². The molecule has 128 valence electrons. The van der Waals surface area contributed by atoms with Crippen molar-refractivity contribution in [3.8, 4) is 0 Å². The van der Waals surface area contributed by atoms with Crippen molar-refractivity contribution in [2.75, 3.05) is 19.1 Å². The van der Waals surface area contributed by atoms with Crippen molar-refractivity contribution < 1.29 is 39.4 Å². The van der Waals surface area contributed by atoms with Crippen LogP contribution in [0.3, 0.4) is 0 Å². The smallest absolute Gasteiger partial charge is 0.214 e. The molecule has 10 heteroatoms. The number of hydrogen-bond acceptors (Lipinski definition) is 8. The summed E-state index contributed by atoms with van der Waals surface area (Å²) in [7, 11) is 0. The van der Waals surface area contributed by atoms with Crippen LogP contribution in [0.25, 0.3) is 0 Å². The number of alkyl halides is 2. The first-order valence-corrected chi connectivity index (χ1v) is 7.88. The van der Waals surface area contributed by atoms with Gasteiger partial charge in [0.2, 0.25) is 5.79 Å². The molecule has 0 radical (unpaired) electrons. The fraction of sp³-hybridized carbons (Fsp3) is 1.00. The lowest BCUT2D eigenvalue weighted by molar-refractivity contribution is -0.373. The Balaban J connectivity index is 1.76. The fourth-order valence-electron chi connectivity index (χ4n) is 2.97.